The number of nitrogens with zero attached hydrogens (tertiary/aromatic N) is 6. The lowest BCUT2D eigenvalue weighted by Gasteiger charge is -2.06. The van der Waals surface area contributed by atoms with Gasteiger partial charge in [-0.25, -0.2) is 9.79 Å². The molecule has 0 aliphatic carbocycles. The van der Waals surface area contributed by atoms with Crippen molar-refractivity contribution in [1.29, 1.82) is 5.26 Å². The van der Waals surface area contributed by atoms with Crippen LogP contribution in [0.3, 0.4) is 0 Å². The van der Waals surface area contributed by atoms with Gasteiger partial charge in [-0.05, 0) is 24.3 Å². The topological polar surface area (TPSA) is 160 Å². The molecule has 0 amide bonds. The summed E-state index contributed by atoms with van der Waals surface area (Å²) in [6.07, 6.45) is -1.97. The molecule has 32 heavy (non-hydrogen) atoms. The number of rotatable bonds is 4. The maximum Gasteiger partial charge on any atom is 0.408 e. The van der Waals surface area contributed by atoms with Gasteiger partial charge in [0.05, 0.1) is 17.8 Å². The lowest BCUT2D eigenvalue weighted by molar-refractivity contribution is -0.118. The minimum Gasteiger partial charge on any atom is -0.493 e. The van der Waals surface area contributed by atoms with E-state index >= 15 is 0 Å². The zero-order valence-corrected chi connectivity index (χ0v) is 15.8. The number of halogens is 3. The lowest BCUT2D eigenvalue weighted by atomic mass is 10.2. The average molecular weight is 443 g/mol. The molecule has 0 bridgehead atoms. The number of imidazole rings is 1. The fraction of sp³-hybridized carbons (Fsp3) is 0.111. The Morgan fingerprint density at radius 2 is 2.12 bits per heavy atom. The van der Waals surface area contributed by atoms with Gasteiger partial charge in [-0.2, -0.15) is 38.0 Å². The predicted octanol–water partition coefficient (Wildman–Crippen LogP) is 0.472. The first-order valence-electron chi connectivity index (χ1n) is 8.85. The lowest BCUT2D eigenvalue weighted by Crippen LogP contribution is -2.26. The van der Waals surface area contributed by atoms with Gasteiger partial charge in [0.15, 0.2) is 5.65 Å². The molecule has 4 aromatic rings. The summed E-state index contributed by atoms with van der Waals surface area (Å²) in [5.41, 5.74) is -0.177. The zero-order chi connectivity index (χ0) is 22.9. The van der Waals surface area contributed by atoms with Crippen LogP contribution in [0.15, 0.2) is 40.2 Å². The van der Waals surface area contributed by atoms with Gasteiger partial charge < -0.3 is 15.4 Å². The van der Waals surface area contributed by atoms with E-state index in [-0.39, 0.29) is 28.1 Å². The second-order valence-corrected chi connectivity index (χ2v) is 6.42. The number of anilines is 2. The van der Waals surface area contributed by atoms with Crippen molar-refractivity contribution >= 4 is 23.4 Å². The summed E-state index contributed by atoms with van der Waals surface area (Å²) < 4.78 is 39.2. The third kappa shape index (κ3) is 4.41. The molecule has 0 saturated carbocycles. The summed E-state index contributed by atoms with van der Waals surface area (Å²) in [5, 5.41) is 25.9. The number of hydrogen-bond donors (Lipinski definition) is 4. The molecule has 0 saturated heterocycles. The molecule has 0 atom stereocenters. The van der Waals surface area contributed by atoms with Crippen molar-refractivity contribution in [3.05, 3.63) is 63.0 Å². The van der Waals surface area contributed by atoms with Gasteiger partial charge in [-0.1, -0.05) is 6.07 Å². The number of nitrogens with one attached hydrogen (secondary N) is 3. The van der Waals surface area contributed by atoms with Crippen molar-refractivity contribution in [2.45, 2.75) is 6.18 Å². The van der Waals surface area contributed by atoms with E-state index in [2.05, 4.69) is 35.3 Å². The summed E-state index contributed by atoms with van der Waals surface area (Å²) in [7, 11) is 0. The molecule has 14 heteroatoms. The molecule has 3 heterocycles. The summed E-state index contributed by atoms with van der Waals surface area (Å²) in [6, 6.07) is 8.28. The molecule has 11 nitrogen and oxygen atoms in total. The van der Waals surface area contributed by atoms with Gasteiger partial charge in [0.1, 0.15) is 12.2 Å². The maximum atomic E-state index is 12.7. The van der Waals surface area contributed by atoms with E-state index in [0.29, 0.717) is 11.3 Å². The van der Waals surface area contributed by atoms with Crippen molar-refractivity contribution in [2.24, 2.45) is 4.99 Å². The summed E-state index contributed by atoms with van der Waals surface area (Å²) >= 11 is 0. The number of H-pyrrole nitrogens is 2. The SMILES string of the molecule is N#Cc1cccc(Nc2nc(=NCC(F)(F)F)n3nc/c(=C\c4[nH]c(=O)[nH]c4O)c3n2)c1. The first kappa shape index (κ1) is 20.6. The summed E-state index contributed by atoms with van der Waals surface area (Å²) in [4.78, 5) is 27.6. The Morgan fingerprint density at radius 1 is 1.31 bits per heavy atom. The first-order chi connectivity index (χ1) is 15.2. The molecule has 1 aromatic carbocycles. The van der Waals surface area contributed by atoms with Gasteiger partial charge in [-0.3, -0.25) is 4.98 Å². The van der Waals surface area contributed by atoms with E-state index in [1.807, 2.05) is 6.07 Å². The number of benzene rings is 1. The Labute approximate surface area is 175 Å². The highest BCUT2D eigenvalue weighted by Crippen LogP contribution is 2.15. The first-order valence-corrected chi connectivity index (χ1v) is 8.85. The van der Waals surface area contributed by atoms with Crippen LogP contribution in [0, 0.1) is 11.3 Å². The Hall–Kier alpha value is -4.67. The van der Waals surface area contributed by atoms with Crippen molar-refractivity contribution in [3.8, 4) is 11.9 Å². The molecule has 0 aliphatic heterocycles. The smallest absolute Gasteiger partial charge is 0.408 e. The number of hydrogen-bond acceptors (Lipinski definition) is 8. The van der Waals surface area contributed by atoms with E-state index in [0.717, 1.165) is 4.52 Å². The fourth-order valence-electron chi connectivity index (χ4n) is 2.74. The van der Waals surface area contributed by atoms with Gasteiger partial charge >= 0.3 is 11.9 Å². The number of nitriles is 1. The molecule has 4 N–H and O–H groups in total. The number of aromatic nitrogens is 6. The van der Waals surface area contributed by atoms with Crippen LogP contribution in [-0.2, 0) is 0 Å². The van der Waals surface area contributed by atoms with E-state index in [1.165, 1.54) is 18.3 Å². The van der Waals surface area contributed by atoms with Crippen LogP contribution in [0.2, 0.25) is 0 Å². The van der Waals surface area contributed by atoms with Crippen molar-refractivity contribution in [2.75, 3.05) is 11.9 Å². The molecule has 0 spiro atoms. The van der Waals surface area contributed by atoms with Crippen molar-refractivity contribution in [3.63, 3.8) is 0 Å². The quantitative estimate of drug-likeness (QED) is 0.357. The second kappa shape index (κ2) is 7.87. The molecule has 162 valence electrons. The van der Waals surface area contributed by atoms with E-state index in [9.17, 15) is 23.1 Å². The third-order valence-corrected chi connectivity index (χ3v) is 4.06. The molecule has 0 radical (unpaired) electrons. The van der Waals surface area contributed by atoms with Gasteiger partial charge in [0, 0.05) is 10.9 Å². The minimum absolute atomic E-state index is 0.0218. The highest BCUT2D eigenvalue weighted by atomic mass is 19.4. The average Bonchev–Trinajstić information content (AvgIpc) is 3.28. The van der Waals surface area contributed by atoms with E-state index < -0.39 is 24.3 Å². The molecule has 4 rings (SSSR count). The maximum absolute atomic E-state index is 12.7. The highest BCUT2D eigenvalue weighted by molar-refractivity contribution is 5.60. The largest absolute Gasteiger partial charge is 0.493 e. The highest BCUT2D eigenvalue weighted by Gasteiger charge is 2.26. The number of fused-ring (bicyclic) bond motifs is 1. The zero-order valence-electron chi connectivity index (χ0n) is 15.8. The van der Waals surface area contributed by atoms with Crippen LogP contribution < -0.4 is 21.8 Å². The summed E-state index contributed by atoms with van der Waals surface area (Å²) in [5.74, 6) is -0.535. The van der Waals surface area contributed by atoms with Crippen molar-refractivity contribution < 1.29 is 18.3 Å². The molecule has 3 aromatic heterocycles. The molecule has 0 aliphatic rings. The molecule has 0 fully saturated rings. The number of aromatic amines is 2. The number of aromatic hydroxyl groups is 1. The molecule has 0 unspecified atom stereocenters. The standard InChI is InChI=1S/C18H12F3N9O2/c19-18(20,21)8-23-16-29-15(25-11-3-1-2-9(4-11)6-22)27-13-10(7-24-30(13)16)5-12-14(31)28-17(32)26-12/h1-5,7,31H,8H2,(H,23,25,29)(H2,26,28,32)/b10-5+. The van der Waals surface area contributed by atoms with E-state index in [4.69, 9.17) is 5.26 Å². The van der Waals surface area contributed by atoms with Crippen LogP contribution in [0.25, 0.3) is 11.7 Å². The van der Waals surface area contributed by atoms with Gasteiger partial charge in [-0.15, -0.1) is 0 Å². The Balaban J connectivity index is 1.89. The van der Waals surface area contributed by atoms with Gasteiger partial charge in [0.25, 0.3) is 5.62 Å². The Morgan fingerprint density at radius 3 is 2.81 bits per heavy atom. The normalized spacial score (nSPS) is 12.9. The Bertz CT molecular complexity index is 1530. The fourth-order valence-corrected chi connectivity index (χ4v) is 2.74. The minimum atomic E-state index is -4.56. The Kier molecular flexibility index (Phi) is 5.07. The second-order valence-electron chi connectivity index (χ2n) is 6.42. The molecular formula is C18H12F3N9O2. The van der Waals surface area contributed by atoms with E-state index in [1.54, 1.807) is 18.2 Å². The third-order valence-electron chi connectivity index (χ3n) is 4.06. The summed E-state index contributed by atoms with van der Waals surface area (Å²) in [6.45, 7) is -1.49. The monoisotopic (exact) mass is 443 g/mol. The van der Waals surface area contributed by atoms with Crippen molar-refractivity contribution in [1.82, 2.24) is 29.5 Å². The van der Waals surface area contributed by atoms with Crippen LogP contribution in [0.4, 0.5) is 24.8 Å². The molecular weight excluding hydrogens is 431 g/mol. The van der Waals surface area contributed by atoms with Crippen LogP contribution in [0.1, 0.15) is 11.3 Å². The van der Waals surface area contributed by atoms with Crippen LogP contribution in [-0.4, -0.2) is 47.4 Å². The predicted molar refractivity (Wildman–Crippen MR) is 104 cm³/mol. The number of alkyl halides is 3. The van der Waals surface area contributed by atoms with Crippen LogP contribution in [0.5, 0.6) is 5.88 Å². The van der Waals surface area contributed by atoms with Crippen LogP contribution >= 0.6 is 0 Å². The van der Waals surface area contributed by atoms with Gasteiger partial charge in [0.2, 0.25) is 11.8 Å².